The number of nitrogens with zero attached hydrogens (tertiary/aromatic N) is 1. The van der Waals surface area contributed by atoms with Crippen LogP contribution in [0, 0.1) is 11.8 Å². The van der Waals surface area contributed by atoms with Crippen molar-refractivity contribution in [3.63, 3.8) is 0 Å². The van der Waals surface area contributed by atoms with Gasteiger partial charge in [0.2, 0.25) is 0 Å². The zero-order valence-electron chi connectivity index (χ0n) is 13.4. The minimum Gasteiger partial charge on any atom is -0.303 e. The van der Waals surface area contributed by atoms with E-state index in [1.807, 2.05) is 0 Å². The summed E-state index contributed by atoms with van der Waals surface area (Å²) < 4.78 is 0. The van der Waals surface area contributed by atoms with Gasteiger partial charge in [0.25, 0.3) is 0 Å². The maximum atomic E-state index is 2.64. The van der Waals surface area contributed by atoms with Crippen molar-refractivity contribution in [3.8, 4) is 0 Å². The molecule has 1 heterocycles. The Kier molecular flexibility index (Phi) is 4.60. The fourth-order valence-electron chi connectivity index (χ4n) is 3.78. The molecule has 3 rings (SSSR count). The van der Waals surface area contributed by atoms with Crippen LogP contribution >= 0.6 is 0 Å². The first-order valence-corrected chi connectivity index (χ1v) is 8.42. The summed E-state index contributed by atoms with van der Waals surface area (Å²) in [6, 6.07) is 10.8. The molecule has 0 amide bonds. The Labute approximate surface area is 129 Å². The van der Waals surface area contributed by atoms with Crippen molar-refractivity contribution in [2.75, 3.05) is 19.6 Å². The van der Waals surface area contributed by atoms with Crippen LogP contribution in [0.15, 0.2) is 48.1 Å². The first-order valence-electron chi connectivity index (χ1n) is 8.42. The summed E-state index contributed by atoms with van der Waals surface area (Å²) in [5.74, 6) is 1.34. The summed E-state index contributed by atoms with van der Waals surface area (Å²) in [5.41, 5.74) is 4.47. The molecular formula is C20H27N. The van der Waals surface area contributed by atoms with E-state index in [4.69, 9.17) is 0 Å². The van der Waals surface area contributed by atoms with Gasteiger partial charge in [-0.25, -0.2) is 0 Å². The second-order valence-electron chi connectivity index (χ2n) is 6.77. The van der Waals surface area contributed by atoms with Gasteiger partial charge in [0.15, 0.2) is 0 Å². The van der Waals surface area contributed by atoms with E-state index in [2.05, 4.69) is 61.2 Å². The Balaban J connectivity index is 1.56. The van der Waals surface area contributed by atoms with Gasteiger partial charge in [-0.05, 0) is 49.4 Å². The van der Waals surface area contributed by atoms with Crippen molar-refractivity contribution in [3.05, 3.63) is 53.6 Å². The highest BCUT2D eigenvalue weighted by molar-refractivity contribution is 5.74. The molecule has 2 atom stereocenters. The number of hydrogen-bond acceptors (Lipinski definition) is 1. The third-order valence-corrected chi connectivity index (χ3v) is 4.96. The molecule has 112 valence electrons. The molecule has 0 bridgehead atoms. The zero-order valence-corrected chi connectivity index (χ0v) is 13.4. The third-order valence-electron chi connectivity index (χ3n) is 4.96. The van der Waals surface area contributed by atoms with Crippen LogP contribution < -0.4 is 0 Å². The van der Waals surface area contributed by atoms with Crippen molar-refractivity contribution in [2.24, 2.45) is 11.8 Å². The summed E-state index contributed by atoms with van der Waals surface area (Å²) in [5, 5.41) is 0. The minimum absolute atomic E-state index is 0.577. The van der Waals surface area contributed by atoms with Crippen molar-refractivity contribution < 1.29 is 0 Å². The Morgan fingerprint density at radius 1 is 1.10 bits per heavy atom. The van der Waals surface area contributed by atoms with Gasteiger partial charge < -0.3 is 4.90 Å². The molecule has 0 spiro atoms. The van der Waals surface area contributed by atoms with Crippen LogP contribution in [0.5, 0.6) is 0 Å². The van der Waals surface area contributed by atoms with E-state index in [-0.39, 0.29) is 0 Å². The van der Waals surface area contributed by atoms with E-state index in [1.54, 1.807) is 5.57 Å². The molecule has 0 radical (unpaired) electrons. The molecule has 1 saturated heterocycles. The largest absolute Gasteiger partial charge is 0.303 e. The van der Waals surface area contributed by atoms with Gasteiger partial charge in [-0.15, -0.1) is 0 Å². The topological polar surface area (TPSA) is 3.24 Å². The fourth-order valence-corrected chi connectivity index (χ4v) is 3.78. The Bertz CT molecular complexity index is 520. The lowest BCUT2D eigenvalue weighted by Crippen LogP contribution is -2.25. The summed E-state index contributed by atoms with van der Waals surface area (Å²) in [4.78, 5) is 2.64. The standard InChI is InChI=1S/C20H27N/c1-16(15-21-12-6-7-13-21)14-19-10-11-20(17(19)2)18-8-4-3-5-9-18/h3-5,8-11,16-17H,6-7,12-15H2,1-2H3. The van der Waals surface area contributed by atoms with E-state index in [0.717, 1.165) is 5.92 Å². The lowest BCUT2D eigenvalue weighted by Gasteiger charge is -2.23. The first kappa shape index (κ1) is 14.6. The average Bonchev–Trinajstić information content (AvgIpc) is 3.11. The Hall–Kier alpha value is -1.34. The van der Waals surface area contributed by atoms with E-state index < -0.39 is 0 Å². The van der Waals surface area contributed by atoms with Crippen molar-refractivity contribution in [1.29, 1.82) is 0 Å². The van der Waals surface area contributed by atoms with Crippen LogP contribution in [0.4, 0.5) is 0 Å². The van der Waals surface area contributed by atoms with Crippen LogP contribution in [0.1, 0.15) is 38.7 Å². The first-order chi connectivity index (χ1) is 10.2. The number of benzene rings is 1. The predicted molar refractivity (Wildman–Crippen MR) is 91.1 cm³/mol. The van der Waals surface area contributed by atoms with Crippen LogP contribution in [-0.2, 0) is 0 Å². The van der Waals surface area contributed by atoms with Gasteiger partial charge in [0.1, 0.15) is 0 Å². The van der Waals surface area contributed by atoms with Gasteiger partial charge in [0, 0.05) is 12.5 Å². The molecule has 2 unspecified atom stereocenters. The minimum atomic E-state index is 0.577. The third kappa shape index (κ3) is 3.47. The van der Waals surface area contributed by atoms with Gasteiger partial charge in [-0.2, -0.15) is 0 Å². The monoisotopic (exact) mass is 281 g/mol. The fraction of sp³-hybridized carbons (Fsp3) is 0.500. The van der Waals surface area contributed by atoms with E-state index >= 15 is 0 Å². The SMILES string of the molecule is CC(CC1=CC=C(c2ccccc2)C1C)CN1CCCC1. The molecular weight excluding hydrogens is 254 g/mol. The van der Waals surface area contributed by atoms with E-state index in [0.29, 0.717) is 5.92 Å². The predicted octanol–water partition coefficient (Wildman–Crippen LogP) is 4.77. The van der Waals surface area contributed by atoms with Crippen LogP contribution in [0.2, 0.25) is 0 Å². The maximum absolute atomic E-state index is 2.64. The van der Waals surface area contributed by atoms with Gasteiger partial charge in [-0.3, -0.25) is 0 Å². The smallest absolute Gasteiger partial charge is 0.00289 e. The molecule has 1 aliphatic heterocycles. The number of rotatable bonds is 5. The molecule has 1 aliphatic carbocycles. The molecule has 1 aromatic rings. The lowest BCUT2D eigenvalue weighted by atomic mass is 9.88. The molecule has 0 saturated carbocycles. The summed E-state index contributed by atoms with van der Waals surface area (Å²) in [6.07, 6.45) is 8.73. The van der Waals surface area contributed by atoms with Crippen molar-refractivity contribution >= 4 is 5.57 Å². The highest BCUT2D eigenvalue weighted by Crippen LogP contribution is 2.37. The molecule has 2 aliphatic rings. The van der Waals surface area contributed by atoms with Gasteiger partial charge in [0.05, 0.1) is 0 Å². The summed E-state index contributed by atoms with van der Waals surface area (Å²) in [6.45, 7) is 8.66. The van der Waals surface area contributed by atoms with Gasteiger partial charge in [-0.1, -0.05) is 61.9 Å². The van der Waals surface area contributed by atoms with Gasteiger partial charge >= 0.3 is 0 Å². The summed E-state index contributed by atoms with van der Waals surface area (Å²) >= 11 is 0. The number of likely N-dealkylation sites (tertiary alicyclic amines) is 1. The highest BCUT2D eigenvalue weighted by atomic mass is 15.1. The van der Waals surface area contributed by atoms with E-state index in [9.17, 15) is 0 Å². The summed E-state index contributed by atoms with van der Waals surface area (Å²) in [7, 11) is 0. The normalized spacial score (nSPS) is 24.0. The Morgan fingerprint density at radius 2 is 1.81 bits per heavy atom. The van der Waals surface area contributed by atoms with Crippen molar-refractivity contribution in [2.45, 2.75) is 33.1 Å². The second kappa shape index (κ2) is 6.62. The number of allylic oxidation sites excluding steroid dienone is 4. The van der Waals surface area contributed by atoms with Crippen LogP contribution in [0.25, 0.3) is 5.57 Å². The molecule has 21 heavy (non-hydrogen) atoms. The Morgan fingerprint density at radius 3 is 2.52 bits per heavy atom. The second-order valence-corrected chi connectivity index (χ2v) is 6.77. The molecule has 0 aromatic heterocycles. The number of hydrogen-bond donors (Lipinski definition) is 0. The van der Waals surface area contributed by atoms with E-state index in [1.165, 1.54) is 50.0 Å². The molecule has 1 aromatic carbocycles. The maximum Gasteiger partial charge on any atom is 0.00289 e. The van der Waals surface area contributed by atoms with Crippen molar-refractivity contribution in [1.82, 2.24) is 4.90 Å². The quantitative estimate of drug-likeness (QED) is 0.751. The highest BCUT2D eigenvalue weighted by Gasteiger charge is 2.22. The molecule has 1 heteroatoms. The molecule has 1 fully saturated rings. The molecule has 0 N–H and O–H groups in total. The van der Waals surface area contributed by atoms with Crippen LogP contribution in [0.3, 0.4) is 0 Å². The van der Waals surface area contributed by atoms with Crippen LogP contribution in [-0.4, -0.2) is 24.5 Å². The molecule has 1 nitrogen and oxygen atoms in total. The zero-order chi connectivity index (χ0) is 14.7. The lowest BCUT2D eigenvalue weighted by molar-refractivity contribution is 0.285. The average molecular weight is 281 g/mol.